The Bertz CT molecular complexity index is 1090. The lowest BCUT2D eigenvalue weighted by Crippen LogP contribution is -2.54. The molecule has 7 amide bonds. The van der Waals surface area contributed by atoms with Gasteiger partial charge in [-0.05, 0) is 37.8 Å². The van der Waals surface area contributed by atoms with Gasteiger partial charge in [0.05, 0.1) is 19.8 Å². The second-order valence-corrected chi connectivity index (χ2v) is 9.66. The highest BCUT2D eigenvalue weighted by Crippen LogP contribution is 2.11. The third-order valence-corrected chi connectivity index (χ3v) is 6.02. The number of urea groups is 1. The van der Waals surface area contributed by atoms with Gasteiger partial charge in [0, 0.05) is 30.8 Å². The third kappa shape index (κ3) is 10.8. The molecule has 0 spiro atoms. The number of anilines is 1. The summed E-state index contributed by atoms with van der Waals surface area (Å²) >= 11 is 0. The Morgan fingerprint density at radius 2 is 1.60 bits per heavy atom. The molecule has 1 heterocycles. The number of carbonyl (C=O) groups excluding carboxylic acids is 6. The Balaban J connectivity index is 1.90. The molecule has 6 N–H and O–H groups in total. The smallest absolute Gasteiger partial charge is 0.312 e. The number of amides is 7. The Hall–Kier alpha value is -4.26. The van der Waals surface area contributed by atoms with Crippen molar-refractivity contribution in [1.82, 2.24) is 20.9 Å². The topological polar surface area (TPSA) is 189 Å². The van der Waals surface area contributed by atoms with Gasteiger partial charge in [0.1, 0.15) is 12.1 Å². The molecule has 0 aromatic heterocycles. The van der Waals surface area contributed by atoms with Gasteiger partial charge in [-0.3, -0.25) is 28.9 Å². The van der Waals surface area contributed by atoms with Crippen molar-refractivity contribution in [2.75, 3.05) is 31.6 Å². The third-order valence-electron chi connectivity index (χ3n) is 6.02. The first-order valence-electron chi connectivity index (χ1n) is 13.1. The number of hydrogen-bond donors (Lipinski definition) is 5. The fraction of sp³-hybridized carbons (Fsp3) is 0.481. The summed E-state index contributed by atoms with van der Waals surface area (Å²) in [6, 6.07) is 4.64. The van der Waals surface area contributed by atoms with Crippen LogP contribution in [0, 0.1) is 12.8 Å². The molecule has 40 heavy (non-hydrogen) atoms. The predicted octanol–water partition coefficient (Wildman–Crippen LogP) is 0.339. The van der Waals surface area contributed by atoms with Crippen molar-refractivity contribution >= 4 is 41.3 Å². The van der Waals surface area contributed by atoms with Crippen LogP contribution in [0.2, 0.25) is 0 Å². The largest absolute Gasteiger partial charge is 0.379 e. The summed E-state index contributed by atoms with van der Waals surface area (Å²) in [5.41, 5.74) is 6.68. The lowest BCUT2D eigenvalue weighted by Gasteiger charge is -2.25. The zero-order chi connectivity index (χ0) is 29.7. The molecule has 218 valence electrons. The zero-order valence-electron chi connectivity index (χ0n) is 23.0. The van der Waals surface area contributed by atoms with E-state index in [1.54, 1.807) is 26.0 Å². The summed E-state index contributed by atoms with van der Waals surface area (Å²) in [5.74, 6) is -2.52. The molecule has 0 saturated carbocycles. The number of primary amides is 1. The Morgan fingerprint density at radius 3 is 2.20 bits per heavy atom. The number of imide groups is 1. The van der Waals surface area contributed by atoms with Crippen molar-refractivity contribution < 1.29 is 33.5 Å². The molecule has 2 atom stereocenters. The maximum absolute atomic E-state index is 13.2. The number of benzene rings is 1. The van der Waals surface area contributed by atoms with Crippen LogP contribution in [-0.4, -0.2) is 78.9 Å². The van der Waals surface area contributed by atoms with Gasteiger partial charge < -0.3 is 31.7 Å². The van der Waals surface area contributed by atoms with Crippen LogP contribution in [0.1, 0.15) is 38.7 Å². The summed E-state index contributed by atoms with van der Waals surface area (Å²) in [6.07, 6.45) is 2.90. The normalized spacial score (nSPS) is 14.2. The minimum Gasteiger partial charge on any atom is -0.379 e. The lowest BCUT2D eigenvalue weighted by molar-refractivity contribution is -0.138. The van der Waals surface area contributed by atoms with Crippen LogP contribution in [0.4, 0.5) is 10.5 Å². The summed E-state index contributed by atoms with van der Waals surface area (Å²) in [5, 5.41) is 10.6. The van der Waals surface area contributed by atoms with Gasteiger partial charge in [-0.1, -0.05) is 31.5 Å². The van der Waals surface area contributed by atoms with Crippen LogP contribution in [0.25, 0.3) is 0 Å². The van der Waals surface area contributed by atoms with E-state index in [0.29, 0.717) is 12.1 Å². The van der Waals surface area contributed by atoms with Crippen molar-refractivity contribution in [2.45, 2.75) is 52.1 Å². The van der Waals surface area contributed by atoms with Gasteiger partial charge >= 0.3 is 6.03 Å². The van der Waals surface area contributed by atoms with Crippen LogP contribution in [-0.2, 0) is 28.7 Å². The number of rotatable bonds is 16. The fourth-order valence-electron chi connectivity index (χ4n) is 3.77. The lowest BCUT2D eigenvalue weighted by atomic mass is 10.0. The van der Waals surface area contributed by atoms with E-state index in [1.807, 2.05) is 19.1 Å². The summed E-state index contributed by atoms with van der Waals surface area (Å²) < 4.78 is 5.37. The first kappa shape index (κ1) is 32.0. The second kappa shape index (κ2) is 16.0. The van der Waals surface area contributed by atoms with Gasteiger partial charge in [0.25, 0.3) is 11.8 Å². The van der Waals surface area contributed by atoms with Crippen LogP contribution in [0.3, 0.4) is 0 Å². The average Bonchev–Trinajstić information content (AvgIpc) is 3.21. The van der Waals surface area contributed by atoms with Crippen molar-refractivity contribution in [3.8, 4) is 0 Å². The fourth-order valence-corrected chi connectivity index (χ4v) is 3.77. The minimum atomic E-state index is -0.935. The summed E-state index contributed by atoms with van der Waals surface area (Å²) in [7, 11) is 0. The maximum atomic E-state index is 13.2. The van der Waals surface area contributed by atoms with E-state index in [-0.39, 0.29) is 45.1 Å². The standard InChI is InChI=1S/C27H38N6O7/c1-17(2)24(32-21(34)12-15-40-16-14-33-22(35)10-11-23(33)36)26(38)31-20(5-4-13-29-27(28)39)25(37)30-19-8-6-18(3)7-9-19/h6-11,17,20,24H,4-5,12-16H2,1-3H3,(H,30,37)(H,31,38)(H,32,34)(H3,28,29,39)/t20-,24-/m0/s1. The molecule has 2 rings (SSSR count). The van der Waals surface area contributed by atoms with Gasteiger partial charge in [0.15, 0.2) is 0 Å². The number of hydrogen-bond acceptors (Lipinski definition) is 7. The SMILES string of the molecule is Cc1ccc(NC(=O)[C@H](CCCNC(N)=O)NC(=O)[C@@H](NC(=O)CCOCCN2C(=O)C=CC2=O)C(C)C)cc1. The van der Waals surface area contributed by atoms with Gasteiger partial charge in [-0.25, -0.2) is 4.79 Å². The Morgan fingerprint density at radius 1 is 0.950 bits per heavy atom. The molecule has 0 fully saturated rings. The van der Waals surface area contributed by atoms with Gasteiger partial charge in [-0.2, -0.15) is 0 Å². The zero-order valence-corrected chi connectivity index (χ0v) is 23.0. The van der Waals surface area contributed by atoms with Crippen LogP contribution in [0.5, 0.6) is 0 Å². The molecular formula is C27H38N6O7. The van der Waals surface area contributed by atoms with Crippen molar-refractivity contribution in [2.24, 2.45) is 11.7 Å². The monoisotopic (exact) mass is 558 g/mol. The number of carbonyl (C=O) groups is 6. The maximum Gasteiger partial charge on any atom is 0.312 e. The van der Waals surface area contributed by atoms with E-state index >= 15 is 0 Å². The molecule has 0 aliphatic carbocycles. The van der Waals surface area contributed by atoms with Gasteiger partial charge in [0.2, 0.25) is 17.7 Å². The van der Waals surface area contributed by atoms with Crippen molar-refractivity contribution in [3.05, 3.63) is 42.0 Å². The molecule has 1 aliphatic heterocycles. The van der Waals surface area contributed by atoms with E-state index in [2.05, 4.69) is 21.3 Å². The van der Waals surface area contributed by atoms with E-state index in [9.17, 15) is 28.8 Å². The van der Waals surface area contributed by atoms with Crippen LogP contribution >= 0.6 is 0 Å². The highest BCUT2D eigenvalue weighted by molar-refractivity contribution is 6.12. The molecule has 13 heteroatoms. The molecular weight excluding hydrogens is 520 g/mol. The van der Waals surface area contributed by atoms with Crippen molar-refractivity contribution in [3.63, 3.8) is 0 Å². The summed E-state index contributed by atoms with van der Waals surface area (Å²) in [4.78, 5) is 73.8. The molecule has 0 radical (unpaired) electrons. The first-order valence-corrected chi connectivity index (χ1v) is 13.1. The first-order chi connectivity index (χ1) is 19.0. The summed E-state index contributed by atoms with van der Waals surface area (Å²) in [6.45, 7) is 5.84. The number of nitrogens with one attached hydrogen (secondary N) is 4. The van der Waals surface area contributed by atoms with Crippen LogP contribution in [0.15, 0.2) is 36.4 Å². The van der Waals surface area contributed by atoms with Gasteiger partial charge in [-0.15, -0.1) is 0 Å². The van der Waals surface area contributed by atoms with E-state index in [4.69, 9.17) is 10.5 Å². The van der Waals surface area contributed by atoms with E-state index < -0.39 is 47.7 Å². The molecule has 1 aromatic rings. The van der Waals surface area contributed by atoms with E-state index in [0.717, 1.165) is 10.5 Å². The molecule has 0 unspecified atom stereocenters. The number of aryl methyl sites for hydroxylation is 1. The number of ether oxygens (including phenoxy) is 1. The quantitative estimate of drug-likeness (QED) is 0.143. The number of nitrogens with two attached hydrogens (primary N) is 1. The predicted molar refractivity (Wildman–Crippen MR) is 147 cm³/mol. The average molecular weight is 559 g/mol. The molecule has 1 aliphatic rings. The highest BCUT2D eigenvalue weighted by Gasteiger charge is 2.29. The van der Waals surface area contributed by atoms with Crippen molar-refractivity contribution in [1.29, 1.82) is 0 Å². The molecule has 0 saturated heterocycles. The Labute approximate surface area is 233 Å². The Kier molecular flexibility index (Phi) is 12.8. The van der Waals surface area contributed by atoms with Crippen LogP contribution < -0.4 is 27.0 Å². The molecule has 13 nitrogen and oxygen atoms in total. The highest BCUT2D eigenvalue weighted by atomic mass is 16.5. The molecule has 0 bridgehead atoms. The minimum absolute atomic E-state index is 0.0242. The molecule has 1 aromatic carbocycles. The second-order valence-electron chi connectivity index (χ2n) is 9.66. The number of nitrogens with zero attached hydrogens (tertiary/aromatic N) is 1. The van der Waals surface area contributed by atoms with E-state index in [1.165, 1.54) is 12.2 Å².